The third kappa shape index (κ3) is 6.27. The number of carbonyl (C=O) groups is 2. The fraction of sp³-hybridized carbons (Fsp3) is 0.308. The third-order valence-corrected chi connectivity index (χ3v) is 7.24. The first kappa shape index (κ1) is 27.4. The zero-order chi connectivity index (χ0) is 27.4. The first-order valence-electron chi connectivity index (χ1n) is 12.0. The number of nitrogens with one attached hydrogen (secondary N) is 1. The lowest BCUT2D eigenvalue weighted by atomic mass is 10.2. The molecule has 1 aromatic heterocycles. The van der Waals surface area contributed by atoms with Gasteiger partial charge < -0.3 is 20.1 Å². The second-order valence-electron chi connectivity index (χ2n) is 9.08. The van der Waals surface area contributed by atoms with Crippen LogP contribution in [0.3, 0.4) is 0 Å². The molecule has 2 aliphatic rings. The predicted molar refractivity (Wildman–Crippen MR) is 145 cm³/mol. The predicted octanol–water partition coefficient (Wildman–Crippen LogP) is 3.06. The lowest BCUT2D eigenvalue weighted by molar-refractivity contribution is -0.134. The monoisotopic (exact) mass is 560 g/mol. The van der Waals surface area contributed by atoms with Crippen molar-refractivity contribution < 1.29 is 19.8 Å². The summed E-state index contributed by atoms with van der Waals surface area (Å²) in [4.78, 5) is 51.9. The van der Waals surface area contributed by atoms with Crippen molar-refractivity contribution in [2.45, 2.75) is 31.5 Å². The minimum atomic E-state index is -1.26. The van der Waals surface area contributed by atoms with Crippen LogP contribution in [0.5, 0.6) is 0 Å². The normalized spacial score (nSPS) is 18.6. The van der Waals surface area contributed by atoms with E-state index in [1.165, 1.54) is 10.3 Å². The molecule has 5 rings (SSSR count). The maximum Gasteiger partial charge on any atom is 0.328 e. The van der Waals surface area contributed by atoms with Crippen LogP contribution in [0.2, 0.25) is 10.0 Å². The van der Waals surface area contributed by atoms with Gasteiger partial charge in [-0.25, -0.2) is 14.4 Å². The van der Waals surface area contributed by atoms with Crippen molar-refractivity contribution in [3.8, 4) is 0 Å². The van der Waals surface area contributed by atoms with Crippen LogP contribution in [0.1, 0.15) is 12.8 Å². The highest BCUT2D eigenvalue weighted by molar-refractivity contribution is 6.34. The second kappa shape index (κ2) is 11.8. The second-order valence-corrected chi connectivity index (χ2v) is 9.92. The van der Waals surface area contributed by atoms with Crippen molar-refractivity contribution in [2.75, 3.05) is 24.5 Å². The molecule has 2 saturated heterocycles. The summed E-state index contributed by atoms with van der Waals surface area (Å²) in [6.45, 7) is 3.27. The van der Waals surface area contributed by atoms with Gasteiger partial charge in [-0.05, 0) is 49.2 Å². The van der Waals surface area contributed by atoms with E-state index >= 15 is 0 Å². The molecule has 200 valence electrons. The number of carboxylic acids is 2. The first-order chi connectivity index (χ1) is 18.1. The van der Waals surface area contributed by atoms with Gasteiger partial charge in [0.2, 0.25) is 0 Å². The number of piperazine rings is 1. The van der Waals surface area contributed by atoms with E-state index in [-0.39, 0.29) is 5.56 Å². The van der Waals surface area contributed by atoms with Gasteiger partial charge in [0.25, 0.3) is 5.56 Å². The molecular weight excluding hydrogens is 535 g/mol. The van der Waals surface area contributed by atoms with E-state index < -0.39 is 17.6 Å². The Labute approximate surface area is 227 Å². The summed E-state index contributed by atoms with van der Waals surface area (Å²) in [5.74, 6) is -2.51. The van der Waals surface area contributed by atoms with Gasteiger partial charge in [-0.15, -0.1) is 0 Å². The molecule has 0 saturated carbocycles. The smallest absolute Gasteiger partial charge is 0.328 e. The van der Waals surface area contributed by atoms with E-state index in [9.17, 15) is 19.2 Å². The Bertz CT molecular complexity index is 1470. The molecule has 2 atom stereocenters. The topological polar surface area (TPSA) is 136 Å². The van der Waals surface area contributed by atoms with Crippen molar-refractivity contribution in [3.63, 3.8) is 0 Å². The summed E-state index contributed by atoms with van der Waals surface area (Å²) in [5.41, 5.74) is 0.939. The number of fused-ring (bicyclic) bond motifs is 3. The summed E-state index contributed by atoms with van der Waals surface area (Å²) >= 11 is 12.1. The Balaban J connectivity index is 0.000000368. The zero-order valence-corrected chi connectivity index (χ0v) is 21.7. The van der Waals surface area contributed by atoms with Crippen LogP contribution >= 0.6 is 23.2 Å². The minimum absolute atomic E-state index is 0.284. The van der Waals surface area contributed by atoms with Gasteiger partial charge in [-0.1, -0.05) is 29.3 Å². The van der Waals surface area contributed by atoms with Crippen LogP contribution in [0.25, 0.3) is 10.9 Å². The quantitative estimate of drug-likeness (QED) is 0.375. The van der Waals surface area contributed by atoms with Gasteiger partial charge in [0.05, 0.1) is 15.9 Å². The molecule has 0 spiro atoms. The number of hydrogen-bond acceptors (Lipinski definition) is 6. The van der Waals surface area contributed by atoms with Crippen molar-refractivity contribution in [1.82, 2.24) is 14.5 Å². The van der Waals surface area contributed by atoms with Gasteiger partial charge in [-0.2, -0.15) is 0 Å². The summed E-state index contributed by atoms with van der Waals surface area (Å²) in [6, 6.07) is 14.1. The molecule has 38 heavy (non-hydrogen) atoms. The first-order valence-corrected chi connectivity index (χ1v) is 12.7. The van der Waals surface area contributed by atoms with E-state index in [0.717, 1.165) is 37.5 Å². The lowest BCUT2D eigenvalue weighted by Crippen LogP contribution is -2.47. The Morgan fingerprint density at radius 2 is 1.63 bits per heavy atom. The molecule has 0 radical (unpaired) electrons. The Morgan fingerprint density at radius 1 is 0.947 bits per heavy atom. The summed E-state index contributed by atoms with van der Waals surface area (Å²) < 4.78 is 1.28. The third-order valence-electron chi connectivity index (χ3n) is 6.67. The van der Waals surface area contributed by atoms with Crippen molar-refractivity contribution in [3.05, 3.63) is 85.5 Å². The molecule has 2 aromatic carbocycles. The molecule has 2 bridgehead atoms. The number of anilines is 1. The number of aromatic amines is 1. The van der Waals surface area contributed by atoms with Crippen LogP contribution in [-0.4, -0.2) is 68.3 Å². The molecule has 3 aromatic rings. The fourth-order valence-electron chi connectivity index (χ4n) is 4.99. The zero-order valence-electron chi connectivity index (χ0n) is 20.2. The highest BCUT2D eigenvalue weighted by Gasteiger charge is 2.42. The maximum atomic E-state index is 12.7. The number of carboxylic acid groups (broad SMARTS) is 2. The number of H-pyrrole nitrogens is 1. The van der Waals surface area contributed by atoms with Gasteiger partial charge in [-0.3, -0.25) is 14.3 Å². The van der Waals surface area contributed by atoms with Crippen LogP contribution in [0.15, 0.2) is 64.2 Å². The van der Waals surface area contributed by atoms with E-state index in [4.69, 9.17) is 33.4 Å². The van der Waals surface area contributed by atoms with Crippen molar-refractivity contribution in [1.29, 1.82) is 0 Å². The van der Waals surface area contributed by atoms with Gasteiger partial charge >= 0.3 is 17.6 Å². The van der Waals surface area contributed by atoms with Gasteiger partial charge in [0, 0.05) is 61.1 Å². The number of nitrogens with zero attached hydrogens (tertiary/aromatic N) is 3. The maximum absolute atomic E-state index is 12.7. The molecule has 10 nitrogen and oxygen atoms in total. The summed E-state index contributed by atoms with van der Waals surface area (Å²) in [7, 11) is 0. The Kier molecular flexibility index (Phi) is 8.55. The number of hydrogen-bond donors (Lipinski definition) is 3. The van der Waals surface area contributed by atoms with Crippen molar-refractivity contribution >= 4 is 51.7 Å². The lowest BCUT2D eigenvalue weighted by Gasteiger charge is -2.35. The molecular formula is C26H26Cl2N4O6. The van der Waals surface area contributed by atoms with E-state index in [1.807, 2.05) is 12.1 Å². The van der Waals surface area contributed by atoms with E-state index in [1.54, 1.807) is 18.2 Å². The fourth-order valence-corrected chi connectivity index (χ4v) is 5.34. The SMILES string of the molecule is O=C(O)/C=C\C(=O)O.O=c1[nH]c2c(Cl)cccc2c(=O)n1CCCN1CC2CC1CN2c1ccc(Cl)cc1. The molecule has 3 N–H and O–H groups in total. The molecule has 0 aliphatic carbocycles. The standard InChI is InChI=1S/C22H22Cl2N4O2.C4H4O4/c23-14-5-7-15(8-6-14)28-13-16-11-17(28)12-26(16)9-2-10-27-21(29)18-3-1-4-19(24)20(18)25-22(27)30;5-3(6)1-2-4(7)8/h1,3-8,16-17H,2,9-13H2,(H,25,30);1-2H,(H,5,6)(H,7,8)/b;2-1-. The average Bonchev–Trinajstić information content (AvgIpc) is 3.47. The number of likely N-dealkylation sites (tertiary alicyclic amines) is 1. The highest BCUT2D eigenvalue weighted by atomic mass is 35.5. The number of para-hydroxylation sites is 1. The largest absolute Gasteiger partial charge is 0.478 e. The molecule has 12 heteroatoms. The van der Waals surface area contributed by atoms with E-state index in [2.05, 4.69) is 26.9 Å². The molecule has 0 amide bonds. The van der Waals surface area contributed by atoms with Crippen LogP contribution in [0, 0.1) is 0 Å². The number of rotatable bonds is 7. The minimum Gasteiger partial charge on any atom is -0.478 e. The van der Waals surface area contributed by atoms with Crippen LogP contribution < -0.4 is 16.1 Å². The Morgan fingerprint density at radius 3 is 2.24 bits per heavy atom. The summed E-state index contributed by atoms with van der Waals surface area (Å²) in [6.07, 6.45) is 3.02. The molecule has 2 fully saturated rings. The van der Waals surface area contributed by atoms with Crippen LogP contribution in [0.4, 0.5) is 5.69 Å². The van der Waals surface area contributed by atoms with Gasteiger partial charge in [0.1, 0.15) is 0 Å². The number of halogens is 2. The molecule has 2 aliphatic heterocycles. The average molecular weight is 561 g/mol. The highest BCUT2D eigenvalue weighted by Crippen LogP contribution is 2.35. The van der Waals surface area contributed by atoms with E-state index in [0.29, 0.717) is 46.7 Å². The molecule has 2 unspecified atom stereocenters. The van der Waals surface area contributed by atoms with Crippen LogP contribution in [-0.2, 0) is 16.1 Å². The number of aromatic nitrogens is 2. The number of aliphatic carboxylic acids is 2. The van der Waals surface area contributed by atoms with Gasteiger partial charge in [0.15, 0.2) is 0 Å². The van der Waals surface area contributed by atoms with Crippen molar-refractivity contribution in [2.24, 2.45) is 0 Å². The number of benzene rings is 2. The Hall–Kier alpha value is -3.60. The summed E-state index contributed by atoms with van der Waals surface area (Å²) in [5, 5.41) is 17.2. The molecule has 3 heterocycles.